The van der Waals surface area contributed by atoms with Gasteiger partial charge >= 0.3 is 0 Å². The summed E-state index contributed by atoms with van der Waals surface area (Å²) in [5, 5.41) is 16.8. The van der Waals surface area contributed by atoms with Crippen LogP contribution < -0.4 is 16.4 Å². The first-order valence-corrected chi connectivity index (χ1v) is 25.0. The fourth-order valence-electron chi connectivity index (χ4n) is 8.07. The molecule has 0 heterocycles. The number of aliphatic hydroxyl groups is 1. The van der Waals surface area contributed by atoms with Crippen LogP contribution in [-0.2, 0) is 9.59 Å². The van der Waals surface area contributed by atoms with Gasteiger partial charge in [-0.1, -0.05) is 258 Å². The lowest BCUT2D eigenvalue weighted by Crippen LogP contribution is -2.66. The van der Waals surface area contributed by atoms with Crippen molar-refractivity contribution in [3.63, 3.8) is 0 Å². The second-order valence-electron chi connectivity index (χ2n) is 17.5. The van der Waals surface area contributed by atoms with Crippen LogP contribution in [0.1, 0.15) is 290 Å². The second-order valence-corrected chi connectivity index (χ2v) is 17.5. The van der Waals surface area contributed by atoms with Crippen LogP contribution in [-0.4, -0.2) is 28.8 Å². The van der Waals surface area contributed by atoms with Crippen LogP contribution in [0.25, 0.3) is 0 Å². The molecule has 6 heteroatoms. The van der Waals surface area contributed by atoms with Crippen molar-refractivity contribution >= 4 is 11.8 Å². The average Bonchev–Trinajstić information content (AvgIpc) is 3.16. The Morgan fingerprint density at radius 3 is 0.891 bits per heavy atom. The molecule has 2 atom stereocenters. The van der Waals surface area contributed by atoms with Crippen molar-refractivity contribution in [2.24, 2.45) is 5.73 Å². The minimum atomic E-state index is -1.62. The third-order valence-corrected chi connectivity index (χ3v) is 11.8. The van der Waals surface area contributed by atoms with E-state index in [1.807, 2.05) is 6.92 Å². The SMILES string of the molecule is CCCCCCCCCCCCCCCCCCCCCC(=O)NC(N)C(O)(CCC)NC(=O)CCCCCCCCCCCCCCCCCCCCC. The van der Waals surface area contributed by atoms with Gasteiger partial charge in [0.1, 0.15) is 6.17 Å². The lowest BCUT2D eigenvalue weighted by molar-refractivity contribution is -0.135. The van der Waals surface area contributed by atoms with Gasteiger partial charge < -0.3 is 21.5 Å². The maximum atomic E-state index is 12.7. The second kappa shape index (κ2) is 42.5. The van der Waals surface area contributed by atoms with Gasteiger partial charge in [0.05, 0.1) is 0 Å². The monoisotopic (exact) mass is 778 g/mol. The Balaban J connectivity index is 3.75. The van der Waals surface area contributed by atoms with Crippen molar-refractivity contribution in [2.45, 2.75) is 302 Å². The van der Waals surface area contributed by atoms with Crippen molar-refractivity contribution in [3.05, 3.63) is 0 Å². The molecule has 5 N–H and O–H groups in total. The minimum absolute atomic E-state index is 0.151. The van der Waals surface area contributed by atoms with E-state index in [2.05, 4.69) is 24.5 Å². The van der Waals surface area contributed by atoms with E-state index in [0.29, 0.717) is 25.7 Å². The molecule has 0 fully saturated rings. The first kappa shape index (κ1) is 53.9. The number of unbranched alkanes of at least 4 members (excludes halogenated alkanes) is 36. The quantitative estimate of drug-likeness (QED) is 0.0365. The largest absolute Gasteiger partial charge is 0.368 e. The number of hydrogen-bond donors (Lipinski definition) is 4. The highest BCUT2D eigenvalue weighted by Gasteiger charge is 2.36. The third-order valence-electron chi connectivity index (χ3n) is 11.8. The van der Waals surface area contributed by atoms with E-state index in [1.165, 1.54) is 205 Å². The zero-order valence-electron chi connectivity index (χ0n) is 37.6. The maximum absolute atomic E-state index is 12.7. The van der Waals surface area contributed by atoms with Gasteiger partial charge in [-0.15, -0.1) is 0 Å². The highest BCUT2D eigenvalue weighted by Crippen LogP contribution is 2.18. The van der Waals surface area contributed by atoms with Gasteiger partial charge in [-0.25, -0.2) is 0 Å². The van der Waals surface area contributed by atoms with Crippen LogP contribution in [0.3, 0.4) is 0 Å². The number of hydrogen-bond acceptors (Lipinski definition) is 4. The fourth-order valence-corrected chi connectivity index (χ4v) is 8.07. The summed E-state index contributed by atoms with van der Waals surface area (Å²) in [5.41, 5.74) is 4.65. The van der Waals surface area contributed by atoms with E-state index in [1.54, 1.807) is 0 Å². The van der Waals surface area contributed by atoms with E-state index in [4.69, 9.17) is 5.73 Å². The maximum Gasteiger partial charge on any atom is 0.222 e. The Morgan fingerprint density at radius 2 is 0.636 bits per heavy atom. The van der Waals surface area contributed by atoms with Gasteiger partial charge in [0.2, 0.25) is 11.8 Å². The predicted octanol–water partition coefficient (Wildman–Crippen LogP) is 14.6. The fraction of sp³-hybridized carbons (Fsp3) is 0.959. The summed E-state index contributed by atoms with van der Waals surface area (Å²) in [7, 11) is 0. The Kier molecular flexibility index (Phi) is 41.6. The van der Waals surface area contributed by atoms with E-state index in [9.17, 15) is 14.7 Å². The Morgan fingerprint density at radius 1 is 0.400 bits per heavy atom. The van der Waals surface area contributed by atoms with E-state index in [0.717, 1.165) is 38.5 Å². The molecule has 0 saturated carbocycles. The molecule has 0 bridgehead atoms. The summed E-state index contributed by atoms with van der Waals surface area (Å²) in [6.07, 6.45) is 51.0. The summed E-state index contributed by atoms with van der Waals surface area (Å²) in [4.78, 5) is 25.3. The summed E-state index contributed by atoms with van der Waals surface area (Å²) >= 11 is 0. The van der Waals surface area contributed by atoms with Crippen molar-refractivity contribution in [3.8, 4) is 0 Å². The molecule has 0 aliphatic carbocycles. The zero-order chi connectivity index (χ0) is 40.3. The number of nitrogens with two attached hydrogens (primary N) is 1. The van der Waals surface area contributed by atoms with Crippen molar-refractivity contribution in [1.82, 2.24) is 10.6 Å². The minimum Gasteiger partial charge on any atom is -0.368 e. The molecule has 0 aromatic rings. The molecule has 2 unspecified atom stereocenters. The Hall–Kier alpha value is -1.14. The van der Waals surface area contributed by atoms with Crippen LogP contribution in [0.4, 0.5) is 0 Å². The van der Waals surface area contributed by atoms with Gasteiger partial charge in [-0.3, -0.25) is 9.59 Å². The molecule has 0 aromatic heterocycles. The van der Waals surface area contributed by atoms with E-state index < -0.39 is 11.9 Å². The van der Waals surface area contributed by atoms with Crippen LogP contribution in [0.5, 0.6) is 0 Å². The number of carbonyl (C=O) groups is 2. The van der Waals surface area contributed by atoms with Crippen LogP contribution in [0.15, 0.2) is 0 Å². The molecule has 6 nitrogen and oxygen atoms in total. The van der Waals surface area contributed by atoms with Gasteiger partial charge in [-0.2, -0.15) is 0 Å². The first-order valence-electron chi connectivity index (χ1n) is 25.0. The summed E-state index contributed by atoms with van der Waals surface area (Å²) in [6.45, 7) is 6.52. The smallest absolute Gasteiger partial charge is 0.222 e. The number of carbonyl (C=O) groups excluding carboxylic acids is 2. The highest BCUT2D eigenvalue weighted by atomic mass is 16.3. The topological polar surface area (TPSA) is 104 Å². The predicted molar refractivity (Wildman–Crippen MR) is 240 cm³/mol. The molecule has 0 rings (SSSR count). The standard InChI is InChI=1S/C49H99N3O3/c1-4-7-9-11-13-15-17-19-21-23-25-27-29-31-33-35-37-39-41-43-46(53)51-48(50)49(55,45-6-3)52-47(54)44-42-40-38-36-34-32-30-28-26-24-22-20-18-16-14-12-10-8-5-2/h48,55H,4-45,50H2,1-3H3,(H,51,53)(H,52,54). The average molecular weight is 778 g/mol. The highest BCUT2D eigenvalue weighted by molar-refractivity contribution is 5.78. The lowest BCUT2D eigenvalue weighted by atomic mass is 10.0. The molecule has 55 heavy (non-hydrogen) atoms. The van der Waals surface area contributed by atoms with Crippen LogP contribution in [0.2, 0.25) is 0 Å². The van der Waals surface area contributed by atoms with Gasteiger partial charge in [-0.05, 0) is 19.3 Å². The van der Waals surface area contributed by atoms with E-state index >= 15 is 0 Å². The molecule has 0 spiro atoms. The normalized spacial score (nSPS) is 13.2. The summed E-state index contributed by atoms with van der Waals surface area (Å²) in [5.74, 6) is -0.339. The first-order chi connectivity index (χ1) is 26.9. The van der Waals surface area contributed by atoms with Crippen LogP contribution >= 0.6 is 0 Å². The molecule has 0 aromatic carbocycles. The number of rotatable bonds is 45. The van der Waals surface area contributed by atoms with Gasteiger partial charge in [0.15, 0.2) is 5.72 Å². The molecule has 2 amide bonds. The molecular formula is C49H99N3O3. The summed E-state index contributed by atoms with van der Waals surface area (Å²) in [6, 6.07) is 0. The van der Waals surface area contributed by atoms with E-state index in [-0.39, 0.29) is 11.8 Å². The third kappa shape index (κ3) is 38.2. The Labute approximate surface area is 344 Å². The van der Waals surface area contributed by atoms with Crippen molar-refractivity contribution in [1.29, 1.82) is 0 Å². The molecule has 0 saturated heterocycles. The number of amides is 2. The van der Waals surface area contributed by atoms with Crippen molar-refractivity contribution < 1.29 is 14.7 Å². The van der Waals surface area contributed by atoms with Crippen LogP contribution in [0, 0.1) is 0 Å². The zero-order valence-corrected chi connectivity index (χ0v) is 37.6. The molecule has 0 aliphatic heterocycles. The lowest BCUT2D eigenvalue weighted by Gasteiger charge is -2.35. The summed E-state index contributed by atoms with van der Waals surface area (Å²) < 4.78 is 0. The molecule has 0 radical (unpaired) electrons. The van der Waals surface area contributed by atoms with Gasteiger partial charge in [0.25, 0.3) is 0 Å². The molecular weight excluding hydrogens is 679 g/mol. The molecule has 328 valence electrons. The number of nitrogens with one attached hydrogen (secondary N) is 2. The van der Waals surface area contributed by atoms with Gasteiger partial charge in [0, 0.05) is 12.8 Å². The molecule has 0 aliphatic rings. The van der Waals surface area contributed by atoms with Crippen molar-refractivity contribution in [2.75, 3.05) is 0 Å². The Bertz CT molecular complexity index is 808.